The number of halogens is 1. The van der Waals surface area contributed by atoms with E-state index in [2.05, 4.69) is 41.6 Å². The van der Waals surface area contributed by atoms with Gasteiger partial charge < -0.3 is 20.4 Å². The van der Waals surface area contributed by atoms with Crippen molar-refractivity contribution in [1.82, 2.24) is 20.9 Å². The molecule has 0 unspecified atom stereocenters. The van der Waals surface area contributed by atoms with Gasteiger partial charge in [0.25, 0.3) is 5.91 Å². The Balaban J connectivity index is 0.00000420. The van der Waals surface area contributed by atoms with Crippen molar-refractivity contribution in [2.75, 3.05) is 39.3 Å². The summed E-state index contributed by atoms with van der Waals surface area (Å²) in [6, 6.07) is 1.79. The highest BCUT2D eigenvalue weighted by Crippen LogP contribution is 2.20. The van der Waals surface area contributed by atoms with E-state index in [0.717, 1.165) is 37.6 Å². The number of guanidine groups is 1. The van der Waals surface area contributed by atoms with Crippen molar-refractivity contribution in [2.24, 2.45) is 4.99 Å². The zero-order valence-electron chi connectivity index (χ0n) is 18.3. The lowest BCUT2D eigenvalue weighted by Gasteiger charge is -2.40. The van der Waals surface area contributed by atoms with E-state index in [1.165, 1.54) is 38.6 Å². The van der Waals surface area contributed by atoms with Crippen LogP contribution in [-0.4, -0.2) is 61.6 Å². The van der Waals surface area contributed by atoms with Crippen molar-refractivity contribution < 1.29 is 9.21 Å². The lowest BCUT2D eigenvalue weighted by molar-refractivity contribution is 0.0924. The molecule has 0 aromatic carbocycles. The van der Waals surface area contributed by atoms with E-state index in [1.807, 2.05) is 6.92 Å². The SMILES string of the molecule is CCNC(=NCC(C)(C)N1CCCCC1)NCCCNC(=O)c1occc1C.I. The summed E-state index contributed by atoms with van der Waals surface area (Å²) < 4.78 is 5.21. The maximum atomic E-state index is 12.0. The lowest BCUT2D eigenvalue weighted by atomic mass is 9.99. The molecule has 0 atom stereocenters. The molecule has 2 heterocycles. The number of hydrogen-bond acceptors (Lipinski definition) is 4. The number of nitrogens with zero attached hydrogens (tertiary/aromatic N) is 2. The fourth-order valence-corrected chi connectivity index (χ4v) is 3.40. The first-order valence-corrected chi connectivity index (χ1v) is 10.5. The molecular formula is C21H38IN5O2. The Morgan fingerprint density at radius 3 is 2.48 bits per heavy atom. The fraction of sp³-hybridized carbons (Fsp3) is 0.714. The molecule has 166 valence electrons. The molecule has 0 saturated carbocycles. The Kier molecular flexibility index (Phi) is 11.6. The van der Waals surface area contributed by atoms with Gasteiger partial charge in [0.1, 0.15) is 0 Å². The number of hydrogen-bond donors (Lipinski definition) is 3. The minimum atomic E-state index is -0.161. The zero-order chi connectivity index (χ0) is 20.4. The maximum absolute atomic E-state index is 12.0. The van der Waals surface area contributed by atoms with Crippen molar-refractivity contribution in [3.05, 3.63) is 23.7 Å². The smallest absolute Gasteiger partial charge is 0.287 e. The average molecular weight is 519 g/mol. The molecule has 1 fully saturated rings. The summed E-state index contributed by atoms with van der Waals surface area (Å²) in [5.74, 6) is 1.06. The van der Waals surface area contributed by atoms with Crippen LogP contribution in [0.4, 0.5) is 0 Å². The summed E-state index contributed by atoms with van der Waals surface area (Å²) in [5, 5.41) is 9.56. The van der Waals surface area contributed by atoms with Crippen LogP contribution in [0.5, 0.6) is 0 Å². The molecule has 1 amide bonds. The second kappa shape index (κ2) is 13.1. The molecule has 0 radical (unpaired) electrons. The van der Waals surface area contributed by atoms with Crippen LogP contribution in [0.2, 0.25) is 0 Å². The van der Waals surface area contributed by atoms with E-state index in [0.29, 0.717) is 12.3 Å². The second-order valence-corrected chi connectivity index (χ2v) is 8.02. The van der Waals surface area contributed by atoms with E-state index >= 15 is 0 Å². The highest BCUT2D eigenvalue weighted by Gasteiger charge is 2.27. The van der Waals surface area contributed by atoms with Crippen LogP contribution in [0.25, 0.3) is 0 Å². The van der Waals surface area contributed by atoms with Gasteiger partial charge in [-0.1, -0.05) is 6.42 Å². The van der Waals surface area contributed by atoms with Crippen molar-refractivity contribution >= 4 is 35.8 Å². The zero-order valence-corrected chi connectivity index (χ0v) is 20.7. The molecule has 7 nitrogen and oxygen atoms in total. The van der Waals surface area contributed by atoms with Gasteiger partial charge in [0.15, 0.2) is 11.7 Å². The van der Waals surface area contributed by atoms with E-state index < -0.39 is 0 Å². The average Bonchev–Trinajstić information content (AvgIpc) is 3.12. The van der Waals surface area contributed by atoms with E-state index in [1.54, 1.807) is 6.07 Å². The number of furan rings is 1. The van der Waals surface area contributed by atoms with Crippen molar-refractivity contribution in [1.29, 1.82) is 0 Å². The Bertz CT molecular complexity index is 639. The molecule has 1 aliphatic rings. The predicted octanol–water partition coefficient (Wildman–Crippen LogP) is 3.15. The molecule has 0 spiro atoms. The first kappa shape index (κ1) is 25.7. The van der Waals surface area contributed by atoms with Gasteiger partial charge >= 0.3 is 0 Å². The first-order chi connectivity index (χ1) is 13.4. The van der Waals surface area contributed by atoms with Gasteiger partial charge in [-0.05, 0) is 66.1 Å². The summed E-state index contributed by atoms with van der Waals surface area (Å²) in [6.07, 6.45) is 6.27. The molecule has 1 aliphatic heterocycles. The quantitative estimate of drug-likeness (QED) is 0.202. The van der Waals surface area contributed by atoms with Crippen molar-refractivity contribution in [3.8, 4) is 0 Å². The number of likely N-dealkylation sites (tertiary alicyclic amines) is 1. The summed E-state index contributed by atoms with van der Waals surface area (Å²) in [6.45, 7) is 13.7. The summed E-state index contributed by atoms with van der Waals surface area (Å²) in [4.78, 5) is 19.4. The molecule has 1 aromatic rings. The third-order valence-electron chi connectivity index (χ3n) is 5.18. The molecule has 2 rings (SSSR count). The number of carbonyl (C=O) groups is 1. The molecule has 0 aliphatic carbocycles. The lowest BCUT2D eigenvalue weighted by Crippen LogP contribution is -2.49. The molecule has 3 N–H and O–H groups in total. The van der Waals surface area contributed by atoms with Crippen LogP contribution < -0.4 is 16.0 Å². The Morgan fingerprint density at radius 2 is 1.86 bits per heavy atom. The van der Waals surface area contributed by atoms with E-state index in [4.69, 9.17) is 9.41 Å². The van der Waals surface area contributed by atoms with Crippen LogP contribution in [0.15, 0.2) is 21.7 Å². The van der Waals surface area contributed by atoms with Crippen LogP contribution in [0.3, 0.4) is 0 Å². The Labute approximate surface area is 192 Å². The standard InChI is InChI=1S/C21H37N5O2.HI/c1-5-22-20(25-16-21(3,4)26-13-7-6-8-14-26)24-12-9-11-23-19(27)18-17(2)10-15-28-18;/h10,15H,5-9,11-14,16H2,1-4H3,(H,23,27)(H2,22,24,25);1H. The van der Waals surface area contributed by atoms with Crippen LogP contribution in [-0.2, 0) is 0 Å². The Morgan fingerprint density at radius 1 is 1.17 bits per heavy atom. The number of amides is 1. The largest absolute Gasteiger partial charge is 0.459 e. The van der Waals surface area contributed by atoms with Crippen molar-refractivity contribution in [2.45, 2.75) is 58.9 Å². The van der Waals surface area contributed by atoms with Gasteiger partial charge in [-0.25, -0.2) is 0 Å². The molecule has 0 bridgehead atoms. The topological polar surface area (TPSA) is 81.9 Å². The van der Waals surface area contributed by atoms with Crippen LogP contribution in [0.1, 0.15) is 62.6 Å². The van der Waals surface area contributed by atoms with Gasteiger partial charge in [0, 0.05) is 30.7 Å². The highest BCUT2D eigenvalue weighted by molar-refractivity contribution is 14.0. The third-order valence-corrected chi connectivity index (χ3v) is 5.18. The number of piperidine rings is 1. The molecule has 8 heteroatoms. The maximum Gasteiger partial charge on any atom is 0.287 e. The normalized spacial score (nSPS) is 15.5. The monoisotopic (exact) mass is 519 g/mol. The minimum absolute atomic E-state index is 0. The molecular weight excluding hydrogens is 481 g/mol. The van der Waals surface area contributed by atoms with Gasteiger partial charge in [-0.2, -0.15) is 0 Å². The van der Waals surface area contributed by atoms with Crippen LogP contribution >= 0.6 is 24.0 Å². The number of nitrogens with one attached hydrogen (secondary N) is 3. The van der Waals surface area contributed by atoms with Gasteiger partial charge in [0.2, 0.25) is 0 Å². The molecule has 1 aromatic heterocycles. The van der Waals surface area contributed by atoms with Gasteiger partial charge in [-0.15, -0.1) is 24.0 Å². The number of carbonyl (C=O) groups excluding carboxylic acids is 1. The summed E-state index contributed by atoms with van der Waals surface area (Å²) in [5.41, 5.74) is 0.922. The van der Waals surface area contributed by atoms with E-state index in [-0.39, 0.29) is 35.4 Å². The molecule has 29 heavy (non-hydrogen) atoms. The summed E-state index contributed by atoms with van der Waals surface area (Å²) in [7, 11) is 0. The number of aliphatic imine (C=N–C) groups is 1. The van der Waals surface area contributed by atoms with Gasteiger partial charge in [-0.3, -0.25) is 14.7 Å². The Hall–Kier alpha value is -1.29. The third kappa shape index (κ3) is 8.54. The first-order valence-electron chi connectivity index (χ1n) is 10.5. The van der Waals surface area contributed by atoms with E-state index in [9.17, 15) is 4.79 Å². The minimum Gasteiger partial charge on any atom is -0.459 e. The molecule has 1 saturated heterocycles. The number of aryl methyl sites for hydroxylation is 1. The second-order valence-electron chi connectivity index (χ2n) is 8.02. The highest BCUT2D eigenvalue weighted by atomic mass is 127. The van der Waals surface area contributed by atoms with Crippen LogP contribution in [0, 0.1) is 6.92 Å². The predicted molar refractivity (Wildman–Crippen MR) is 129 cm³/mol. The fourth-order valence-electron chi connectivity index (χ4n) is 3.40. The number of rotatable bonds is 9. The van der Waals surface area contributed by atoms with Crippen molar-refractivity contribution in [3.63, 3.8) is 0 Å². The summed E-state index contributed by atoms with van der Waals surface area (Å²) >= 11 is 0. The van der Waals surface area contributed by atoms with Gasteiger partial charge in [0.05, 0.1) is 12.8 Å².